The van der Waals surface area contributed by atoms with Gasteiger partial charge >= 0.3 is 17.8 Å². The van der Waals surface area contributed by atoms with Crippen LogP contribution < -0.4 is 10.2 Å². The zero-order chi connectivity index (χ0) is 16.6. The number of carbonyl (C=O) groups is 3. The van der Waals surface area contributed by atoms with Gasteiger partial charge in [0.25, 0.3) is 0 Å². The fourth-order valence-electron chi connectivity index (χ4n) is 2.56. The number of rotatable bonds is 3. The lowest BCUT2D eigenvalue weighted by Crippen LogP contribution is -2.52. The molecule has 8 nitrogen and oxygen atoms in total. The molecule has 2 amide bonds. The van der Waals surface area contributed by atoms with Crippen LogP contribution in [0.4, 0.5) is 5.69 Å². The first kappa shape index (κ1) is 14.8. The summed E-state index contributed by atoms with van der Waals surface area (Å²) in [5.41, 5.74) is 1.65. The summed E-state index contributed by atoms with van der Waals surface area (Å²) < 4.78 is 1.44. The second kappa shape index (κ2) is 5.56. The first-order chi connectivity index (χ1) is 11.0. The SMILES string of the molecule is Cn1nc(C(=O)O)cc1-c1ccccc1N1CCNC(=O)C1=O. The molecule has 8 heteroatoms. The summed E-state index contributed by atoms with van der Waals surface area (Å²) >= 11 is 0. The molecule has 1 aliphatic rings. The van der Waals surface area contributed by atoms with Crippen LogP contribution in [0.5, 0.6) is 0 Å². The Balaban J connectivity index is 2.10. The number of benzene rings is 1. The average Bonchev–Trinajstić information content (AvgIpc) is 2.92. The van der Waals surface area contributed by atoms with Gasteiger partial charge in [-0.25, -0.2) is 4.79 Å². The monoisotopic (exact) mass is 314 g/mol. The molecule has 1 fully saturated rings. The van der Waals surface area contributed by atoms with Crippen LogP contribution in [-0.4, -0.2) is 45.8 Å². The molecule has 1 aliphatic heterocycles. The van der Waals surface area contributed by atoms with E-state index in [0.717, 1.165) is 0 Å². The lowest BCUT2D eigenvalue weighted by molar-refractivity contribution is -0.138. The fourth-order valence-corrected chi connectivity index (χ4v) is 2.56. The van der Waals surface area contributed by atoms with E-state index in [4.69, 9.17) is 5.11 Å². The van der Waals surface area contributed by atoms with Crippen LogP contribution in [0.1, 0.15) is 10.5 Å². The minimum atomic E-state index is -1.13. The van der Waals surface area contributed by atoms with Crippen molar-refractivity contribution in [1.82, 2.24) is 15.1 Å². The number of amides is 2. The summed E-state index contributed by atoms with van der Waals surface area (Å²) in [4.78, 5) is 36.2. The molecule has 118 valence electrons. The van der Waals surface area contributed by atoms with Crippen molar-refractivity contribution in [1.29, 1.82) is 0 Å². The van der Waals surface area contributed by atoms with Gasteiger partial charge in [-0.3, -0.25) is 14.3 Å². The van der Waals surface area contributed by atoms with Gasteiger partial charge in [0.1, 0.15) is 0 Å². The van der Waals surface area contributed by atoms with Crippen molar-refractivity contribution in [2.24, 2.45) is 7.05 Å². The second-order valence-corrected chi connectivity index (χ2v) is 5.07. The third kappa shape index (κ3) is 2.54. The van der Waals surface area contributed by atoms with E-state index in [1.165, 1.54) is 15.6 Å². The van der Waals surface area contributed by atoms with Gasteiger partial charge in [0, 0.05) is 25.7 Å². The Morgan fingerprint density at radius 3 is 2.74 bits per heavy atom. The zero-order valence-electron chi connectivity index (χ0n) is 12.3. The Kier molecular flexibility index (Phi) is 3.57. The summed E-state index contributed by atoms with van der Waals surface area (Å²) in [5.74, 6) is -2.41. The number of aryl methyl sites for hydroxylation is 1. The first-order valence-electron chi connectivity index (χ1n) is 6.95. The van der Waals surface area contributed by atoms with E-state index >= 15 is 0 Å². The summed E-state index contributed by atoms with van der Waals surface area (Å²) in [6.07, 6.45) is 0. The molecular weight excluding hydrogens is 300 g/mol. The van der Waals surface area contributed by atoms with Crippen molar-refractivity contribution in [3.8, 4) is 11.3 Å². The number of carbonyl (C=O) groups excluding carboxylic acids is 2. The average molecular weight is 314 g/mol. The molecule has 1 aromatic heterocycles. The topological polar surface area (TPSA) is 105 Å². The number of hydrogen-bond acceptors (Lipinski definition) is 4. The Morgan fingerprint density at radius 1 is 1.30 bits per heavy atom. The number of aromatic carboxylic acids is 1. The van der Waals surface area contributed by atoms with Gasteiger partial charge in [0.15, 0.2) is 5.69 Å². The zero-order valence-corrected chi connectivity index (χ0v) is 12.3. The van der Waals surface area contributed by atoms with Gasteiger partial charge in [0.05, 0.1) is 11.4 Å². The number of para-hydroxylation sites is 1. The Morgan fingerprint density at radius 2 is 2.04 bits per heavy atom. The van der Waals surface area contributed by atoms with Crippen LogP contribution in [0.3, 0.4) is 0 Å². The van der Waals surface area contributed by atoms with Crippen molar-refractivity contribution in [2.75, 3.05) is 18.0 Å². The third-order valence-corrected chi connectivity index (χ3v) is 3.63. The van der Waals surface area contributed by atoms with Gasteiger partial charge in [-0.2, -0.15) is 5.10 Å². The number of piperazine rings is 1. The largest absolute Gasteiger partial charge is 0.476 e. The molecule has 3 rings (SSSR count). The van der Waals surface area contributed by atoms with Crippen molar-refractivity contribution in [2.45, 2.75) is 0 Å². The molecule has 1 saturated heterocycles. The number of carboxylic acids is 1. The third-order valence-electron chi connectivity index (χ3n) is 3.63. The highest BCUT2D eigenvalue weighted by Gasteiger charge is 2.29. The van der Waals surface area contributed by atoms with Crippen molar-refractivity contribution in [3.05, 3.63) is 36.0 Å². The van der Waals surface area contributed by atoms with Crippen LogP contribution in [0.25, 0.3) is 11.3 Å². The van der Waals surface area contributed by atoms with Gasteiger partial charge < -0.3 is 15.3 Å². The maximum Gasteiger partial charge on any atom is 0.356 e. The Hall–Kier alpha value is -3.16. The molecule has 0 unspecified atom stereocenters. The van der Waals surface area contributed by atoms with E-state index in [-0.39, 0.29) is 5.69 Å². The van der Waals surface area contributed by atoms with Crippen molar-refractivity contribution in [3.63, 3.8) is 0 Å². The van der Waals surface area contributed by atoms with Gasteiger partial charge in [-0.1, -0.05) is 18.2 Å². The number of anilines is 1. The predicted octanol–water partition coefficient (Wildman–Crippen LogP) is 0.248. The number of hydrogen-bond donors (Lipinski definition) is 2. The first-order valence-corrected chi connectivity index (χ1v) is 6.95. The van der Waals surface area contributed by atoms with E-state index in [9.17, 15) is 14.4 Å². The highest BCUT2D eigenvalue weighted by Crippen LogP contribution is 2.31. The van der Waals surface area contributed by atoms with E-state index in [2.05, 4.69) is 10.4 Å². The minimum Gasteiger partial charge on any atom is -0.476 e. The van der Waals surface area contributed by atoms with Crippen molar-refractivity contribution >= 4 is 23.5 Å². The Bertz CT molecular complexity index is 812. The van der Waals surface area contributed by atoms with E-state index in [1.807, 2.05) is 0 Å². The highest BCUT2D eigenvalue weighted by atomic mass is 16.4. The van der Waals surface area contributed by atoms with Crippen LogP contribution in [0, 0.1) is 0 Å². The quantitative estimate of drug-likeness (QED) is 0.790. The molecule has 23 heavy (non-hydrogen) atoms. The molecule has 0 atom stereocenters. The lowest BCUT2D eigenvalue weighted by atomic mass is 10.1. The van der Waals surface area contributed by atoms with Gasteiger partial charge in [-0.15, -0.1) is 0 Å². The lowest BCUT2D eigenvalue weighted by Gasteiger charge is -2.28. The van der Waals surface area contributed by atoms with Crippen LogP contribution in [-0.2, 0) is 16.6 Å². The van der Waals surface area contributed by atoms with Crippen LogP contribution >= 0.6 is 0 Å². The summed E-state index contributed by atoms with van der Waals surface area (Å²) in [6.45, 7) is 0.718. The fraction of sp³-hybridized carbons (Fsp3) is 0.200. The smallest absolute Gasteiger partial charge is 0.356 e. The molecule has 2 N–H and O–H groups in total. The van der Waals surface area contributed by atoms with E-state index < -0.39 is 17.8 Å². The maximum absolute atomic E-state index is 12.1. The standard InChI is InChI=1S/C15H14N4O4/c1-18-12(8-10(17-18)15(22)23)9-4-2-3-5-11(9)19-7-6-16-13(20)14(19)21/h2-5,8H,6-7H2,1H3,(H,16,20)(H,22,23). The Labute approximate surface area is 131 Å². The van der Waals surface area contributed by atoms with Gasteiger partial charge in [-0.05, 0) is 12.1 Å². The molecule has 0 bridgehead atoms. The molecule has 0 saturated carbocycles. The molecular formula is C15H14N4O4. The number of nitrogens with zero attached hydrogens (tertiary/aromatic N) is 3. The number of carboxylic acid groups (broad SMARTS) is 1. The van der Waals surface area contributed by atoms with Crippen LogP contribution in [0.15, 0.2) is 30.3 Å². The van der Waals surface area contributed by atoms with E-state index in [0.29, 0.717) is 30.0 Å². The van der Waals surface area contributed by atoms with Gasteiger partial charge in [0.2, 0.25) is 0 Å². The molecule has 1 aromatic carbocycles. The number of nitrogens with one attached hydrogen (secondary N) is 1. The molecule has 2 aromatic rings. The van der Waals surface area contributed by atoms with Crippen LogP contribution in [0.2, 0.25) is 0 Å². The number of aromatic nitrogens is 2. The highest BCUT2D eigenvalue weighted by molar-refractivity contribution is 6.41. The minimum absolute atomic E-state index is 0.0833. The molecule has 0 radical (unpaired) electrons. The summed E-state index contributed by atoms with van der Waals surface area (Å²) in [7, 11) is 1.63. The second-order valence-electron chi connectivity index (χ2n) is 5.07. The normalized spacial score (nSPS) is 14.7. The predicted molar refractivity (Wildman–Crippen MR) is 81.0 cm³/mol. The van der Waals surface area contributed by atoms with E-state index in [1.54, 1.807) is 31.3 Å². The van der Waals surface area contributed by atoms with Crippen molar-refractivity contribution < 1.29 is 19.5 Å². The summed E-state index contributed by atoms with van der Waals surface area (Å²) in [6, 6.07) is 8.46. The molecule has 0 aliphatic carbocycles. The maximum atomic E-state index is 12.1. The molecule has 0 spiro atoms. The molecule has 2 heterocycles. The summed E-state index contributed by atoms with van der Waals surface area (Å²) in [5, 5.41) is 15.5.